The van der Waals surface area contributed by atoms with Gasteiger partial charge < -0.3 is 4.90 Å². The Hall–Kier alpha value is -2.61. The fourth-order valence-corrected chi connectivity index (χ4v) is 8.95. The molecule has 0 radical (unpaired) electrons. The van der Waals surface area contributed by atoms with Gasteiger partial charge in [0.2, 0.25) is 5.52 Å². The van der Waals surface area contributed by atoms with Gasteiger partial charge in [-0.2, -0.15) is 4.57 Å². The zero-order valence-electron chi connectivity index (χ0n) is 23.0. The highest BCUT2D eigenvalue weighted by Gasteiger charge is 2.27. The minimum atomic E-state index is -3.24. The van der Waals surface area contributed by atoms with Crippen LogP contribution in [0.15, 0.2) is 86.2 Å². The Bertz CT molecular complexity index is 1710. The maximum Gasteiger partial charge on any atom is 0.263 e. The number of rotatable bonds is 5. The van der Waals surface area contributed by atoms with Crippen molar-refractivity contribution in [1.29, 1.82) is 0 Å². The van der Waals surface area contributed by atoms with Crippen LogP contribution in [0.1, 0.15) is 50.1 Å². The lowest BCUT2D eigenvalue weighted by molar-refractivity contribution is -0.665. The highest BCUT2D eigenvalue weighted by atomic mass is 32.2. The largest absolute Gasteiger partial charge is 0.335 e. The Labute approximate surface area is 240 Å². The van der Waals surface area contributed by atoms with E-state index < -0.39 is 9.84 Å². The summed E-state index contributed by atoms with van der Waals surface area (Å²) in [6, 6.07) is 12.3. The molecule has 1 unspecified atom stereocenters. The molecule has 1 aliphatic heterocycles. The topological polar surface area (TPSA) is 41.3 Å². The van der Waals surface area contributed by atoms with Gasteiger partial charge in [-0.15, -0.1) is 0 Å². The summed E-state index contributed by atoms with van der Waals surface area (Å²) in [5.41, 5.74) is 7.87. The van der Waals surface area contributed by atoms with E-state index in [9.17, 15) is 8.42 Å². The van der Waals surface area contributed by atoms with E-state index in [4.69, 9.17) is 0 Å². The molecule has 3 aromatic rings. The van der Waals surface area contributed by atoms with Crippen LogP contribution in [0.2, 0.25) is 0 Å². The Morgan fingerprint density at radius 2 is 1.87 bits per heavy atom. The van der Waals surface area contributed by atoms with Gasteiger partial charge in [0.25, 0.3) is 5.01 Å². The van der Waals surface area contributed by atoms with Crippen molar-refractivity contribution in [3.8, 4) is 0 Å². The number of thioether (sulfide) groups is 1. The van der Waals surface area contributed by atoms with Crippen molar-refractivity contribution in [2.45, 2.75) is 62.8 Å². The number of aromatic nitrogens is 1. The summed E-state index contributed by atoms with van der Waals surface area (Å²) in [5, 5.41) is 2.51. The van der Waals surface area contributed by atoms with Crippen LogP contribution >= 0.6 is 23.1 Å². The molecule has 0 spiro atoms. The average Bonchev–Trinajstić information content (AvgIpc) is 3.43. The smallest absolute Gasteiger partial charge is 0.263 e. The van der Waals surface area contributed by atoms with Crippen LogP contribution in [0.4, 0.5) is 5.69 Å². The lowest BCUT2D eigenvalue weighted by Gasteiger charge is -2.28. The second kappa shape index (κ2) is 10.4. The Balaban J connectivity index is 1.32. The van der Waals surface area contributed by atoms with Crippen LogP contribution in [-0.2, 0) is 16.4 Å². The average molecular weight is 576 g/mol. The number of nitrogens with zero attached hydrogens (tertiary/aromatic N) is 2. The molecule has 0 saturated heterocycles. The minimum Gasteiger partial charge on any atom is -0.335 e. The molecular weight excluding hydrogens is 541 g/mol. The third kappa shape index (κ3) is 5.17. The van der Waals surface area contributed by atoms with Crippen LogP contribution in [0.5, 0.6) is 0 Å². The highest BCUT2D eigenvalue weighted by Crippen LogP contribution is 2.47. The number of fused-ring (bicyclic) bond motifs is 3. The van der Waals surface area contributed by atoms with E-state index in [1.54, 1.807) is 17.4 Å². The van der Waals surface area contributed by atoms with Gasteiger partial charge in [0.15, 0.2) is 9.84 Å². The fraction of sp³-hybridized carbons (Fsp3) is 0.344. The van der Waals surface area contributed by atoms with Gasteiger partial charge in [-0.3, -0.25) is 0 Å². The van der Waals surface area contributed by atoms with Crippen LogP contribution in [0.3, 0.4) is 0 Å². The van der Waals surface area contributed by atoms with E-state index in [2.05, 4.69) is 72.7 Å². The van der Waals surface area contributed by atoms with Crippen LogP contribution in [0.25, 0.3) is 16.3 Å². The van der Waals surface area contributed by atoms with Gasteiger partial charge >= 0.3 is 0 Å². The van der Waals surface area contributed by atoms with E-state index in [0.717, 1.165) is 36.1 Å². The van der Waals surface area contributed by atoms with Crippen molar-refractivity contribution in [1.82, 2.24) is 0 Å². The molecule has 3 aliphatic rings. The minimum absolute atomic E-state index is 0.381. The Kier molecular flexibility index (Phi) is 7.11. The number of sulfone groups is 1. The molecule has 1 atom stereocenters. The summed E-state index contributed by atoms with van der Waals surface area (Å²) < 4.78 is 27.6. The summed E-state index contributed by atoms with van der Waals surface area (Å²) in [5.74, 6) is 0.640. The first-order valence-electron chi connectivity index (χ1n) is 13.8. The summed E-state index contributed by atoms with van der Waals surface area (Å²) >= 11 is 3.63. The van der Waals surface area contributed by atoms with E-state index in [1.807, 2.05) is 23.9 Å². The number of anilines is 1. The summed E-state index contributed by atoms with van der Waals surface area (Å²) in [6.07, 6.45) is 15.5. The first-order valence-corrected chi connectivity index (χ1v) is 17.3. The van der Waals surface area contributed by atoms with Gasteiger partial charge in [0.1, 0.15) is 11.2 Å². The molecule has 202 valence electrons. The molecule has 2 heterocycles. The maximum absolute atomic E-state index is 12.1. The van der Waals surface area contributed by atoms with Gasteiger partial charge in [0.05, 0.1) is 15.6 Å². The SMILES string of the molecule is CCN1C(=CC2=CC3=CC(=Cc4sc5ccc(S(C)(=O)=O)cc5[n+]4CC)CCC3CC2)Sc2ccc(C)cc21. The first kappa shape index (κ1) is 26.6. The highest BCUT2D eigenvalue weighted by molar-refractivity contribution is 8.03. The third-order valence-corrected chi connectivity index (χ3v) is 11.3. The standard InChI is InChI=1S/C32H35N2O2S3/c1-5-33-27-15-21(3)7-13-29(27)37-31(33)18-22-8-10-24-11-9-23(17-25(24)16-22)19-32-34(6-2)28-20-26(39(4,35)36)12-14-30(28)38-32/h7,12-20,24H,5-6,8-11H2,1-4H3/q+1. The fourth-order valence-electron chi connectivity index (χ4n) is 5.94. The monoisotopic (exact) mass is 575 g/mol. The lowest BCUT2D eigenvalue weighted by Crippen LogP contribution is -2.33. The Morgan fingerprint density at radius 1 is 1.05 bits per heavy atom. The van der Waals surface area contributed by atoms with Gasteiger partial charge in [-0.1, -0.05) is 41.3 Å². The number of thiazole rings is 1. The van der Waals surface area contributed by atoms with Crippen molar-refractivity contribution in [2.75, 3.05) is 17.7 Å². The number of aryl methyl sites for hydroxylation is 2. The zero-order valence-corrected chi connectivity index (χ0v) is 25.5. The van der Waals surface area contributed by atoms with E-state index in [-0.39, 0.29) is 0 Å². The molecule has 2 aromatic carbocycles. The van der Waals surface area contributed by atoms with Crippen molar-refractivity contribution >= 4 is 54.9 Å². The van der Waals surface area contributed by atoms with E-state index in [1.165, 1.54) is 62.0 Å². The van der Waals surface area contributed by atoms with E-state index in [0.29, 0.717) is 10.8 Å². The van der Waals surface area contributed by atoms with Crippen molar-refractivity contribution in [3.63, 3.8) is 0 Å². The summed E-state index contributed by atoms with van der Waals surface area (Å²) in [7, 11) is -3.24. The van der Waals surface area contributed by atoms with Crippen molar-refractivity contribution in [2.24, 2.45) is 5.92 Å². The summed E-state index contributed by atoms with van der Waals surface area (Å²) in [6.45, 7) is 8.30. The van der Waals surface area contributed by atoms with Gasteiger partial charge in [-0.05, 0) is 105 Å². The zero-order chi connectivity index (χ0) is 27.3. The lowest BCUT2D eigenvalue weighted by atomic mass is 9.77. The number of hydrogen-bond donors (Lipinski definition) is 0. The van der Waals surface area contributed by atoms with Crippen LogP contribution in [-0.4, -0.2) is 21.2 Å². The maximum atomic E-state index is 12.1. The molecule has 0 bridgehead atoms. The summed E-state index contributed by atoms with van der Waals surface area (Å²) in [4.78, 5) is 4.17. The predicted octanol–water partition coefficient (Wildman–Crippen LogP) is 7.83. The molecule has 2 aliphatic carbocycles. The molecule has 0 N–H and O–H groups in total. The quantitative estimate of drug-likeness (QED) is 0.291. The normalized spacial score (nSPS) is 21.3. The molecule has 6 rings (SSSR count). The molecule has 0 saturated carbocycles. The van der Waals surface area contributed by atoms with Gasteiger partial charge in [-0.25, -0.2) is 8.42 Å². The number of allylic oxidation sites excluding steroid dienone is 6. The molecule has 0 fully saturated rings. The molecule has 39 heavy (non-hydrogen) atoms. The molecule has 1 aromatic heterocycles. The second-order valence-electron chi connectivity index (χ2n) is 10.7. The van der Waals surface area contributed by atoms with E-state index >= 15 is 0 Å². The third-order valence-electron chi connectivity index (χ3n) is 8.00. The molecule has 0 amide bonds. The molecular formula is C32H35N2O2S3+. The Morgan fingerprint density at radius 3 is 2.64 bits per heavy atom. The van der Waals surface area contributed by atoms with Gasteiger partial charge in [0, 0.05) is 29.8 Å². The van der Waals surface area contributed by atoms with Crippen LogP contribution < -0.4 is 9.47 Å². The van der Waals surface area contributed by atoms with Crippen LogP contribution in [0, 0.1) is 12.8 Å². The number of hydrogen-bond acceptors (Lipinski definition) is 5. The predicted molar refractivity (Wildman–Crippen MR) is 165 cm³/mol. The second-order valence-corrected chi connectivity index (χ2v) is 14.9. The molecule has 4 nitrogen and oxygen atoms in total. The first-order chi connectivity index (χ1) is 18.7. The number of benzene rings is 2. The van der Waals surface area contributed by atoms with Crippen molar-refractivity contribution in [3.05, 3.63) is 86.9 Å². The van der Waals surface area contributed by atoms with Crippen molar-refractivity contribution < 1.29 is 13.0 Å². The molecule has 7 heteroatoms.